The molecule has 0 aromatic heterocycles. The van der Waals surface area contributed by atoms with Gasteiger partial charge in [-0.3, -0.25) is 0 Å². The first-order valence-corrected chi connectivity index (χ1v) is 6.70. The summed E-state index contributed by atoms with van der Waals surface area (Å²) in [6.07, 6.45) is 2.58. The molecule has 1 aliphatic heterocycles. The van der Waals surface area contributed by atoms with Crippen LogP contribution >= 0.6 is 0 Å². The van der Waals surface area contributed by atoms with Crippen LogP contribution in [0, 0.1) is 5.41 Å². The molecule has 1 rings (SSSR count). The summed E-state index contributed by atoms with van der Waals surface area (Å²) in [5, 5.41) is 15.0. The van der Waals surface area contributed by atoms with Crippen LogP contribution in [0.4, 0.5) is 4.79 Å². The first kappa shape index (κ1) is 15.2. The summed E-state index contributed by atoms with van der Waals surface area (Å²) in [6, 6.07) is -0.163. The Morgan fingerprint density at radius 3 is 2.78 bits per heavy atom. The zero-order valence-corrected chi connectivity index (χ0v) is 11.7. The highest BCUT2D eigenvalue weighted by atomic mass is 16.5. The highest BCUT2D eigenvalue weighted by Crippen LogP contribution is 2.20. The summed E-state index contributed by atoms with van der Waals surface area (Å²) in [5.41, 5.74) is -0.102. The maximum atomic E-state index is 11.6. The van der Waals surface area contributed by atoms with E-state index in [1.807, 2.05) is 13.8 Å². The van der Waals surface area contributed by atoms with Crippen LogP contribution in [-0.2, 0) is 4.74 Å². The molecule has 0 aromatic rings. The van der Waals surface area contributed by atoms with Crippen molar-refractivity contribution in [1.29, 1.82) is 0 Å². The van der Waals surface area contributed by atoms with Crippen molar-refractivity contribution in [1.82, 2.24) is 10.6 Å². The third-order valence-corrected chi connectivity index (χ3v) is 3.09. The molecule has 1 saturated heterocycles. The summed E-state index contributed by atoms with van der Waals surface area (Å²) >= 11 is 0. The molecule has 5 nitrogen and oxygen atoms in total. The van der Waals surface area contributed by atoms with E-state index >= 15 is 0 Å². The van der Waals surface area contributed by atoms with Crippen molar-refractivity contribution in [3.63, 3.8) is 0 Å². The van der Waals surface area contributed by atoms with Crippen molar-refractivity contribution in [3.8, 4) is 0 Å². The fraction of sp³-hybridized carbons (Fsp3) is 0.923. The third kappa shape index (κ3) is 6.21. The lowest BCUT2D eigenvalue weighted by Crippen LogP contribution is -2.43. The number of carbonyl (C=O) groups is 1. The van der Waals surface area contributed by atoms with Crippen molar-refractivity contribution in [2.45, 2.75) is 52.2 Å². The summed E-state index contributed by atoms with van der Waals surface area (Å²) in [6.45, 7) is 7.74. The maximum absolute atomic E-state index is 11.6. The number of aliphatic hydroxyl groups is 1. The average molecular weight is 258 g/mol. The zero-order chi connectivity index (χ0) is 13.6. The van der Waals surface area contributed by atoms with Crippen LogP contribution in [-0.4, -0.2) is 43.0 Å². The van der Waals surface area contributed by atoms with Crippen LogP contribution in [0.25, 0.3) is 0 Å². The number of nitrogens with one attached hydrogen (secondary N) is 2. The molecular formula is C13H26N2O3. The van der Waals surface area contributed by atoms with E-state index in [4.69, 9.17) is 4.74 Å². The van der Waals surface area contributed by atoms with Gasteiger partial charge < -0.3 is 20.5 Å². The van der Waals surface area contributed by atoms with Gasteiger partial charge in [0, 0.05) is 19.7 Å². The van der Waals surface area contributed by atoms with Gasteiger partial charge in [0.2, 0.25) is 0 Å². The van der Waals surface area contributed by atoms with Crippen LogP contribution in [0.15, 0.2) is 0 Å². The fourth-order valence-corrected chi connectivity index (χ4v) is 2.27. The molecule has 0 spiro atoms. The molecule has 1 fully saturated rings. The molecule has 1 heterocycles. The Morgan fingerprint density at radius 2 is 2.22 bits per heavy atom. The molecule has 18 heavy (non-hydrogen) atoms. The van der Waals surface area contributed by atoms with Crippen LogP contribution in [0.2, 0.25) is 0 Å². The number of rotatable bonds is 6. The zero-order valence-electron chi connectivity index (χ0n) is 11.7. The molecule has 2 atom stereocenters. The molecule has 0 aliphatic carbocycles. The van der Waals surface area contributed by atoms with Crippen LogP contribution in [0.5, 0.6) is 0 Å². The monoisotopic (exact) mass is 258 g/mol. The standard InChI is InChI=1S/C13H26N2O3/c1-10(16)7-13(2,3)9-15-12(17)14-8-11-5-4-6-18-11/h10-11,16H,4-9H2,1-3H3,(H2,14,15,17). The van der Waals surface area contributed by atoms with Crippen molar-refractivity contribution in [3.05, 3.63) is 0 Å². The normalized spacial score (nSPS) is 21.7. The lowest BCUT2D eigenvalue weighted by atomic mass is 9.87. The number of amides is 2. The third-order valence-electron chi connectivity index (χ3n) is 3.09. The van der Waals surface area contributed by atoms with E-state index in [2.05, 4.69) is 10.6 Å². The predicted octanol–water partition coefficient (Wildman–Crippen LogP) is 1.26. The van der Waals surface area contributed by atoms with Gasteiger partial charge in [0.25, 0.3) is 0 Å². The minimum atomic E-state index is -0.350. The lowest BCUT2D eigenvalue weighted by molar-refractivity contribution is 0.110. The highest BCUT2D eigenvalue weighted by Gasteiger charge is 2.21. The number of carbonyl (C=O) groups excluding carboxylic acids is 1. The average Bonchev–Trinajstić information content (AvgIpc) is 2.74. The van der Waals surface area contributed by atoms with Gasteiger partial charge in [-0.25, -0.2) is 4.79 Å². The lowest BCUT2D eigenvalue weighted by Gasteiger charge is -2.26. The first-order valence-electron chi connectivity index (χ1n) is 6.70. The van der Waals surface area contributed by atoms with Crippen LogP contribution in [0.1, 0.15) is 40.0 Å². The Labute approximate surface area is 109 Å². The van der Waals surface area contributed by atoms with Gasteiger partial charge in [-0.2, -0.15) is 0 Å². The van der Waals surface area contributed by atoms with Gasteiger partial charge in [-0.05, 0) is 31.6 Å². The topological polar surface area (TPSA) is 70.6 Å². The molecule has 0 saturated carbocycles. The van der Waals surface area contributed by atoms with Crippen LogP contribution in [0.3, 0.4) is 0 Å². The van der Waals surface area contributed by atoms with Crippen molar-refractivity contribution < 1.29 is 14.6 Å². The molecule has 1 aliphatic rings. The van der Waals surface area contributed by atoms with Crippen molar-refractivity contribution in [2.24, 2.45) is 5.41 Å². The van der Waals surface area contributed by atoms with E-state index in [1.54, 1.807) is 6.92 Å². The number of aliphatic hydroxyl groups excluding tert-OH is 1. The number of ether oxygens (including phenoxy) is 1. The van der Waals surface area contributed by atoms with E-state index in [-0.39, 0.29) is 23.7 Å². The summed E-state index contributed by atoms with van der Waals surface area (Å²) < 4.78 is 5.43. The second kappa shape index (κ2) is 6.95. The van der Waals surface area contributed by atoms with Gasteiger partial charge in [-0.15, -0.1) is 0 Å². The molecule has 2 unspecified atom stereocenters. The van der Waals surface area contributed by atoms with E-state index < -0.39 is 0 Å². The van der Waals surface area contributed by atoms with E-state index in [1.165, 1.54) is 0 Å². The van der Waals surface area contributed by atoms with Gasteiger partial charge in [0.1, 0.15) is 0 Å². The summed E-state index contributed by atoms with van der Waals surface area (Å²) in [5.74, 6) is 0. The fourth-order valence-electron chi connectivity index (χ4n) is 2.27. The van der Waals surface area contributed by atoms with E-state index in [0.717, 1.165) is 19.4 Å². The minimum Gasteiger partial charge on any atom is -0.393 e. The second-order valence-electron chi connectivity index (χ2n) is 5.92. The molecule has 0 aromatic carbocycles. The second-order valence-corrected chi connectivity index (χ2v) is 5.92. The number of hydrogen-bond acceptors (Lipinski definition) is 3. The largest absolute Gasteiger partial charge is 0.393 e. The molecule has 0 bridgehead atoms. The van der Waals surface area contributed by atoms with Gasteiger partial charge in [-0.1, -0.05) is 13.8 Å². The Morgan fingerprint density at radius 1 is 1.50 bits per heavy atom. The Balaban J connectivity index is 2.15. The Bertz CT molecular complexity index is 261. The van der Waals surface area contributed by atoms with Crippen LogP contribution < -0.4 is 10.6 Å². The molecule has 0 radical (unpaired) electrons. The van der Waals surface area contributed by atoms with Gasteiger partial charge in [0.05, 0.1) is 12.2 Å². The number of urea groups is 1. The SMILES string of the molecule is CC(O)CC(C)(C)CNC(=O)NCC1CCCO1. The maximum Gasteiger partial charge on any atom is 0.314 e. The quantitative estimate of drug-likeness (QED) is 0.672. The molecule has 3 N–H and O–H groups in total. The van der Waals surface area contributed by atoms with Gasteiger partial charge >= 0.3 is 6.03 Å². The minimum absolute atomic E-state index is 0.102. The Kier molecular flexibility index (Phi) is 5.88. The summed E-state index contributed by atoms with van der Waals surface area (Å²) in [4.78, 5) is 11.6. The van der Waals surface area contributed by atoms with E-state index in [9.17, 15) is 9.90 Å². The molecule has 106 valence electrons. The smallest absolute Gasteiger partial charge is 0.314 e. The Hall–Kier alpha value is -0.810. The first-order chi connectivity index (χ1) is 8.39. The van der Waals surface area contributed by atoms with Crippen molar-refractivity contribution >= 4 is 6.03 Å². The number of hydrogen-bond donors (Lipinski definition) is 3. The molecular weight excluding hydrogens is 232 g/mol. The predicted molar refractivity (Wildman–Crippen MR) is 70.5 cm³/mol. The molecule has 2 amide bonds. The molecule has 5 heteroatoms. The van der Waals surface area contributed by atoms with Gasteiger partial charge in [0.15, 0.2) is 0 Å². The summed E-state index contributed by atoms with van der Waals surface area (Å²) in [7, 11) is 0. The van der Waals surface area contributed by atoms with E-state index in [0.29, 0.717) is 19.5 Å². The highest BCUT2D eigenvalue weighted by molar-refractivity contribution is 5.73. The van der Waals surface area contributed by atoms with Crippen molar-refractivity contribution in [2.75, 3.05) is 19.7 Å².